The van der Waals surface area contributed by atoms with E-state index in [0.717, 1.165) is 77.0 Å². The van der Waals surface area contributed by atoms with Crippen LogP contribution in [-0.4, -0.2) is 108 Å². The van der Waals surface area contributed by atoms with Gasteiger partial charge in [-0.3, -0.25) is 28.8 Å². The molecule has 4 rings (SSSR count). The molecule has 0 aromatic heterocycles. The number of hydrogen-bond donors (Lipinski definition) is 5. The van der Waals surface area contributed by atoms with Crippen LogP contribution in [-0.2, 0) is 28.8 Å². The molecule has 14 heteroatoms. The molecule has 0 radical (unpaired) electrons. The zero-order valence-corrected chi connectivity index (χ0v) is 33.8. The number of rotatable bonds is 8. The van der Waals surface area contributed by atoms with Gasteiger partial charge >= 0.3 is 6.03 Å². The van der Waals surface area contributed by atoms with Gasteiger partial charge in [0.15, 0.2) is 0 Å². The molecule has 0 bridgehead atoms. The van der Waals surface area contributed by atoms with Crippen LogP contribution in [0.5, 0.6) is 0 Å². The Morgan fingerprint density at radius 2 is 1.41 bits per heavy atom. The van der Waals surface area contributed by atoms with Crippen LogP contribution in [0.25, 0.3) is 0 Å². The Morgan fingerprint density at radius 1 is 0.852 bits per heavy atom. The van der Waals surface area contributed by atoms with Crippen LogP contribution < -0.4 is 26.6 Å². The molecule has 2 saturated carbocycles. The van der Waals surface area contributed by atoms with Crippen molar-refractivity contribution in [2.45, 2.75) is 161 Å². The molecule has 0 aromatic rings. The van der Waals surface area contributed by atoms with E-state index < -0.39 is 65.8 Å². The number of likely N-dealkylation sites (N-methyl/N-ethyl adjacent to an activating group) is 1. The topological polar surface area (TPSA) is 186 Å². The first-order valence-corrected chi connectivity index (χ1v) is 20.4. The van der Waals surface area contributed by atoms with Gasteiger partial charge in [0, 0.05) is 26.2 Å². The van der Waals surface area contributed by atoms with Crippen molar-refractivity contribution in [1.82, 2.24) is 36.4 Å². The molecule has 2 aliphatic heterocycles. The molecule has 2 saturated heterocycles. The van der Waals surface area contributed by atoms with Gasteiger partial charge in [-0.25, -0.2) is 4.79 Å². The zero-order chi connectivity index (χ0) is 39.8. The Morgan fingerprint density at radius 3 is 2.00 bits per heavy atom. The Hall–Kier alpha value is -3.71. The molecule has 0 spiro atoms. The molecule has 4 fully saturated rings. The quantitative estimate of drug-likeness (QED) is 0.236. The lowest BCUT2D eigenvalue weighted by Gasteiger charge is -2.34. The number of ketones is 1. The number of Topliss-reactive ketones (excluding diaryl/α,β-unsaturated/α-hetero) is 1. The highest BCUT2D eigenvalue weighted by molar-refractivity contribution is 6.38. The van der Waals surface area contributed by atoms with E-state index in [1.54, 1.807) is 19.0 Å². The van der Waals surface area contributed by atoms with E-state index in [0.29, 0.717) is 19.4 Å². The van der Waals surface area contributed by atoms with E-state index in [-0.39, 0.29) is 41.4 Å². The SMILES string of the molecule is CN(C)C(=O)[C@@H](NC(=O)CNC(=O)C(=O)[C@H]1CCCCCCCCCC[C@@H](NC(=O)NC(C)(C)C)C(=O)N2C[C@H]3[C@@H]([C@H]2C(=O)N1)C3(C)C)C1CCCCC1. The van der Waals surface area contributed by atoms with Crippen molar-refractivity contribution in [2.75, 3.05) is 27.2 Å². The van der Waals surface area contributed by atoms with Gasteiger partial charge < -0.3 is 36.4 Å². The number of amides is 7. The Bertz CT molecular complexity index is 1390. The number of hydrogen-bond acceptors (Lipinski definition) is 7. The summed E-state index contributed by atoms with van der Waals surface area (Å²) in [4.78, 5) is 97.5. The average Bonchev–Trinajstić information content (AvgIpc) is 3.41. The van der Waals surface area contributed by atoms with Gasteiger partial charge in [-0.1, -0.05) is 84.5 Å². The fourth-order valence-electron chi connectivity index (χ4n) is 8.85. The predicted molar refractivity (Wildman–Crippen MR) is 205 cm³/mol. The van der Waals surface area contributed by atoms with Crippen molar-refractivity contribution in [3.63, 3.8) is 0 Å². The Balaban J connectivity index is 1.48. The van der Waals surface area contributed by atoms with Crippen LogP contribution in [0.15, 0.2) is 0 Å². The second-order valence-electron chi connectivity index (χ2n) is 18.0. The summed E-state index contributed by atoms with van der Waals surface area (Å²) in [7, 11) is 3.28. The number of nitrogens with one attached hydrogen (secondary N) is 5. The van der Waals surface area contributed by atoms with Crippen LogP contribution in [0.1, 0.15) is 131 Å². The molecular formula is C40H67N7O7. The van der Waals surface area contributed by atoms with Crippen molar-refractivity contribution in [1.29, 1.82) is 0 Å². The number of urea groups is 1. The average molecular weight is 758 g/mol. The van der Waals surface area contributed by atoms with Gasteiger partial charge in [0.05, 0.1) is 12.6 Å². The van der Waals surface area contributed by atoms with E-state index in [9.17, 15) is 33.6 Å². The molecule has 2 aliphatic carbocycles. The first kappa shape index (κ1) is 43.0. The Labute approximate surface area is 321 Å². The number of carbonyl (C=O) groups is 7. The highest BCUT2D eigenvalue weighted by Gasteiger charge is 2.69. The minimum Gasteiger partial charge on any atom is -0.347 e. The van der Waals surface area contributed by atoms with Crippen LogP contribution in [0.2, 0.25) is 0 Å². The van der Waals surface area contributed by atoms with Gasteiger partial charge in [-0.2, -0.15) is 0 Å². The third kappa shape index (κ3) is 11.4. The van der Waals surface area contributed by atoms with Crippen LogP contribution in [0, 0.1) is 23.2 Å². The smallest absolute Gasteiger partial charge is 0.315 e. The lowest BCUT2D eigenvalue weighted by atomic mass is 9.83. The second kappa shape index (κ2) is 18.8. The highest BCUT2D eigenvalue weighted by Crippen LogP contribution is 2.65. The molecule has 14 nitrogen and oxygen atoms in total. The standard InChI is InChI=1S/C40H67N7O7/c1-39(2,3)45-38(54)43-28-22-18-13-11-9-8-10-12-17-21-27(42-34(50)32-30-26(40(30,4)5)24-47(32)36(28)52)33(49)35(51)41-23-29(48)44-31(37(53)46(6)7)25-19-15-14-16-20-25/h25-28,30-32H,8-24H2,1-7H3,(H,41,51)(H,42,50)(H,44,48)(H2,43,45,54)/t26-,27+,28+,30-,31-,32-/m0/s1. The monoisotopic (exact) mass is 758 g/mol. The van der Waals surface area contributed by atoms with Crippen molar-refractivity contribution < 1.29 is 33.6 Å². The molecular weight excluding hydrogens is 690 g/mol. The van der Waals surface area contributed by atoms with Gasteiger partial charge in [-0.05, 0) is 69.6 Å². The van der Waals surface area contributed by atoms with Gasteiger partial charge in [-0.15, -0.1) is 0 Å². The van der Waals surface area contributed by atoms with E-state index >= 15 is 0 Å². The molecule has 2 heterocycles. The second-order valence-corrected chi connectivity index (χ2v) is 18.0. The molecule has 6 atom stereocenters. The fourth-order valence-corrected chi connectivity index (χ4v) is 8.85. The van der Waals surface area contributed by atoms with Crippen LogP contribution >= 0.6 is 0 Å². The molecule has 304 valence electrons. The summed E-state index contributed by atoms with van der Waals surface area (Å²) < 4.78 is 0. The van der Waals surface area contributed by atoms with Gasteiger partial charge in [0.2, 0.25) is 29.4 Å². The zero-order valence-electron chi connectivity index (χ0n) is 33.8. The summed E-state index contributed by atoms with van der Waals surface area (Å²) in [5.41, 5.74) is -0.705. The summed E-state index contributed by atoms with van der Waals surface area (Å²) in [5, 5.41) is 13.9. The maximum absolute atomic E-state index is 14.2. The summed E-state index contributed by atoms with van der Waals surface area (Å²) in [5.74, 6) is -3.50. The van der Waals surface area contributed by atoms with Crippen molar-refractivity contribution >= 4 is 41.4 Å². The van der Waals surface area contributed by atoms with E-state index in [4.69, 9.17) is 0 Å². The lowest BCUT2D eigenvalue weighted by molar-refractivity contribution is -0.144. The highest BCUT2D eigenvalue weighted by atomic mass is 16.2. The third-order valence-electron chi connectivity index (χ3n) is 12.0. The van der Waals surface area contributed by atoms with Crippen LogP contribution in [0.3, 0.4) is 0 Å². The maximum atomic E-state index is 14.2. The van der Waals surface area contributed by atoms with Crippen LogP contribution in [0.4, 0.5) is 4.79 Å². The minimum atomic E-state index is -1.15. The lowest BCUT2D eigenvalue weighted by Crippen LogP contribution is -2.59. The molecule has 54 heavy (non-hydrogen) atoms. The first-order valence-electron chi connectivity index (χ1n) is 20.4. The van der Waals surface area contributed by atoms with Gasteiger partial charge in [0.25, 0.3) is 5.91 Å². The summed E-state index contributed by atoms with van der Waals surface area (Å²) in [6.45, 7) is 9.59. The summed E-state index contributed by atoms with van der Waals surface area (Å²) >= 11 is 0. The van der Waals surface area contributed by atoms with E-state index in [2.05, 4.69) is 40.4 Å². The number of nitrogens with zero attached hydrogens (tertiary/aromatic N) is 2. The molecule has 0 aromatic carbocycles. The minimum absolute atomic E-state index is 0.00213. The molecule has 7 amide bonds. The first-order chi connectivity index (χ1) is 25.4. The van der Waals surface area contributed by atoms with E-state index in [1.807, 2.05) is 20.8 Å². The van der Waals surface area contributed by atoms with Crippen molar-refractivity contribution in [2.24, 2.45) is 23.2 Å². The summed E-state index contributed by atoms with van der Waals surface area (Å²) in [6.07, 6.45) is 12.5. The predicted octanol–water partition coefficient (Wildman–Crippen LogP) is 3.17. The maximum Gasteiger partial charge on any atom is 0.315 e. The van der Waals surface area contributed by atoms with Gasteiger partial charge in [0.1, 0.15) is 18.1 Å². The molecule has 4 aliphatic rings. The largest absolute Gasteiger partial charge is 0.347 e. The number of piperidine rings is 1. The molecule has 5 N–H and O–H groups in total. The number of carbonyl (C=O) groups excluding carboxylic acids is 7. The third-order valence-corrected chi connectivity index (χ3v) is 12.0. The fraction of sp³-hybridized carbons (Fsp3) is 0.825. The summed E-state index contributed by atoms with van der Waals surface area (Å²) in [6, 6.07) is -3.99. The van der Waals surface area contributed by atoms with Crippen molar-refractivity contribution in [3.8, 4) is 0 Å². The normalized spacial score (nSPS) is 27.5. The Kier molecular flexibility index (Phi) is 14.9. The van der Waals surface area contributed by atoms with Crippen molar-refractivity contribution in [3.05, 3.63) is 0 Å². The molecule has 0 unspecified atom stereocenters. The number of fused-ring (bicyclic) bond motifs is 3. The van der Waals surface area contributed by atoms with E-state index in [1.165, 1.54) is 4.90 Å².